The lowest BCUT2D eigenvalue weighted by Gasteiger charge is -2.04. The van der Waals surface area contributed by atoms with Crippen LogP contribution >= 0.6 is 0 Å². The molecule has 0 atom stereocenters. The molecule has 0 bridgehead atoms. The SMILES string of the molecule is O=c1c(-n2cccn2)nccn1C1CC1. The third-order valence-corrected chi connectivity index (χ3v) is 2.51. The van der Waals surface area contributed by atoms with E-state index in [0.717, 1.165) is 12.8 Å². The second kappa shape index (κ2) is 3.05. The summed E-state index contributed by atoms with van der Waals surface area (Å²) < 4.78 is 3.24. The van der Waals surface area contributed by atoms with Crippen LogP contribution in [0.2, 0.25) is 0 Å². The highest BCUT2D eigenvalue weighted by molar-refractivity contribution is 5.17. The van der Waals surface area contributed by atoms with E-state index in [-0.39, 0.29) is 5.56 Å². The Bertz CT molecular complexity index is 525. The van der Waals surface area contributed by atoms with Gasteiger partial charge in [0.25, 0.3) is 5.56 Å². The van der Waals surface area contributed by atoms with Crippen LogP contribution < -0.4 is 5.56 Å². The first kappa shape index (κ1) is 8.40. The molecular formula is C10H10N4O. The molecule has 1 aliphatic carbocycles. The third kappa shape index (κ3) is 1.36. The first-order valence-electron chi connectivity index (χ1n) is 4.93. The predicted octanol–water partition coefficient (Wildman–Crippen LogP) is 0.764. The fraction of sp³-hybridized carbons (Fsp3) is 0.300. The van der Waals surface area contributed by atoms with Crippen LogP contribution in [0.15, 0.2) is 35.6 Å². The van der Waals surface area contributed by atoms with E-state index >= 15 is 0 Å². The highest BCUT2D eigenvalue weighted by atomic mass is 16.1. The van der Waals surface area contributed by atoms with Crippen LogP contribution in [0.1, 0.15) is 18.9 Å². The van der Waals surface area contributed by atoms with Gasteiger partial charge in [0.05, 0.1) is 0 Å². The number of aromatic nitrogens is 4. The average molecular weight is 202 g/mol. The van der Waals surface area contributed by atoms with Crippen LogP contribution in [-0.2, 0) is 0 Å². The molecule has 0 aliphatic heterocycles. The first-order valence-corrected chi connectivity index (χ1v) is 4.93. The maximum absolute atomic E-state index is 12.0. The fourth-order valence-corrected chi connectivity index (χ4v) is 1.61. The van der Waals surface area contributed by atoms with E-state index in [0.29, 0.717) is 11.9 Å². The first-order chi connectivity index (χ1) is 7.36. The molecule has 2 aromatic heterocycles. The minimum atomic E-state index is -0.0660. The molecule has 0 saturated heterocycles. The van der Waals surface area contributed by atoms with E-state index in [9.17, 15) is 4.79 Å². The van der Waals surface area contributed by atoms with Crippen molar-refractivity contribution in [2.75, 3.05) is 0 Å². The molecule has 5 nitrogen and oxygen atoms in total. The molecular weight excluding hydrogens is 192 g/mol. The Morgan fingerprint density at radius 2 is 2.13 bits per heavy atom. The van der Waals surface area contributed by atoms with Crippen molar-refractivity contribution in [3.8, 4) is 5.82 Å². The zero-order valence-electron chi connectivity index (χ0n) is 8.08. The van der Waals surface area contributed by atoms with E-state index in [2.05, 4.69) is 10.1 Å². The monoisotopic (exact) mass is 202 g/mol. The molecule has 0 aromatic carbocycles. The van der Waals surface area contributed by atoms with Crippen LogP contribution in [0.4, 0.5) is 0 Å². The van der Waals surface area contributed by atoms with Gasteiger partial charge in [-0.1, -0.05) is 0 Å². The Hall–Kier alpha value is -1.91. The van der Waals surface area contributed by atoms with Crippen molar-refractivity contribution in [3.05, 3.63) is 41.2 Å². The Labute approximate surface area is 86.0 Å². The second-order valence-corrected chi connectivity index (χ2v) is 3.65. The van der Waals surface area contributed by atoms with Gasteiger partial charge in [0.2, 0.25) is 5.82 Å². The van der Waals surface area contributed by atoms with Crippen molar-refractivity contribution >= 4 is 0 Å². The summed E-state index contributed by atoms with van der Waals surface area (Å²) >= 11 is 0. The Morgan fingerprint density at radius 3 is 2.80 bits per heavy atom. The fourth-order valence-electron chi connectivity index (χ4n) is 1.61. The van der Waals surface area contributed by atoms with Crippen LogP contribution in [0.25, 0.3) is 5.82 Å². The highest BCUT2D eigenvalue weighted by Gasteiger charge is 2.25. The van der Waals surface area contributed by atoms with E-state index in [1.807, 2.05) is 0 Å². The van der Waals surface area contributed by atoms with Crippen molar-refractivity contribution in [2.24, 2.45) is 0 Å². The van der Waals surface area contributed by atoms with Gasteiger partial charge in [-0.15, -0.1) is 0 Å². The molecule has 0 N–H and O–H groups in total. The molecule has 1 fully saturated rings. The third-order valence-electron chi connectivity index (χ3n) is 2.51. The lowest BCUT2D eigenvalue weighted by atomic mass is 10.5. The van der Waals surface area contributed by atoms with Gasteiger partial charge in [-0.2, -0.15) is 5.10 Å². The summed E-state index contributed by atoms with van der Waals surface area (Å²) in [7, 11) is 0. The summed E-state index contributed by atoms with van der Waals surface area (Å²) in [5, 5.41) is 4.01. The molecule has 0 radical (unpaired) electrons. The zero-order chi connectivity index (χ0) is 10.3. The Morgan fingerprint density at radius 1 is 1.27 bits per heavy atom. The molecule has 0 amide bonds. The van der Waals surface area contributed by atoms with E-state index in [1.165, 1.54) is 4.68 Å². The molecule has 0 unspecified atom stereocenters. The van der Waals surface area contributed by atoms with Gasteiger partial charge >= 0.3 is 0 Å². The Balaban J connectivity index is 2.16. The second-order valence-electron chi connectivity index (χ2n) is 3.65. The summed E-state index contributed by atoms with van der Waals surface area (Å²) in [4.78, 5) is 16.0. The van der Waals surface area contributed by atoms with Crippen molar-refractivity contribution in [1.82, 2.24) is 19.3 Å². The van der Waals surface area contributed by atoms with Gasteiger partial charge < -0.3 is 4.57 Å². The number of nitrogens with zero attached hydrogens (tertiary/aromatic N) is 4. The molecule has 76 valence electrons. The van der Waals surface area contributed by atoms with Crippen molar-refractivity contribution in [3.63, 3.8) is 0 Å². The summed E-state index contributed by atoms with van der Waals surface area (Å²) in [5.74, 6) is 0.370. The molecule has 1 aliphatic rings. The van der Waals surface area contributed by atoms with Crippen LogP contribution in [0.3, 0.4) is 0 Å². The molecule has 5 heteroatoms. The molecule has 0 spiro atoms. The minimum absolute atomic E-state index is 0.0660. The largest absolute Gasteiger partial charge is 0.308 e. The topological polar surface area (TPSA) is 52.7 Å². The van der Waals surface area contributed by atoms with Crippen molar-refractivity contribution in [2.45, 2.75) is 18.9 Å². The summed E-state index contributed by atoms with van der Waals surface area (Å²) in [6, 6.07) is 2.14. The Kier molecular flexibility index (Phi) is 1.71. The van der Waals surface area contributed by atoms with Gasteiger partial charge in [0, 0.05) is 30.8 Å². The average Bonchev–Trinajstić information content (AvgIpc) is 2.94. The maximum atomic E-state index is 12.0. The van der Waals surface area contributed by atoms with Crippen molar-refractivity contribution in [1.29, 1.82) is 0 Å². The number of hydrogen-bond donors (Lipinski definition) is 0. The molecule has 3 rings (SSSR count). The van der Waals surface area contributed by atoms with E-state index < -0.39 is 0 Å². The molecule has 15 heavy (non-hydrogen) atoms. The van der Waals surface area contributed by atoms with Gasteiger partial charge in [0.15, 0.2) is 0 Å². The van der Waals surface area contributed by atoms with Gasteiger partial charge in [-0.05, 0) is 18.9 Å². The minimum Gasteiger partial charge on any atom is -0.308 e. The van der Waals surface area contributed by atoms with Crippen LogP contribution in [0, 0.1) is 0 Å². The molecule has 2 heterocycles. The smallest absolute Gasteiger partial charge is 0.295 e. The van der Waals surface area contributed by atoms with Crippen LogP contribution in [-0.4, -0.2) is 19.3 Å². The predicted molar refractivity (Wildman–Crippen MR) is 53.9 cm³/mol. The highest BCUT2D eigenvalue weighted by Crippen LogP contribution is 2.33. The van der Waals surface area contributed by atoms with Gasteiger partial charge in [-0.3, -0.25) is 4.79 Å². The lowest BCUT2D eigenvalue weighted by Crippen LogP contribution is -2.24. The summed E-state index contributed by atoms with van der Waals surface area (Å²) in [5.41, 5.74) is -0.0660. The summed E-state index contributed by atoms with van der Waals surface area (Å²) in [6.07, 6.45) is 8.92. The van der Waals surface area contributed by atoms with E-state index in [1.54, 1.807) is 35.4 Å². The van der Waals surface area contributed by atoms with Gasteiger partial charge in [-0.25, -0.2) is 9.67 Å². The van der Waals surface area contributed by atoms with Crippen molar-refractivity contribution < 1.29 is 0 Å². The molecule has 2 aromatic rings. The lowest BCUT2D eigenvalue weighted by molar-refractivity contribution is 0.677. The quantitative estimate of drug-likeness (QED) is 0.722. The number of hydrogen-bond acceptors (Lipinski definition) is 3. The normalized spacial score (nSPS) is 15.5. The van der Waals surface area contributed by atoms with E-state index in [4.69, 9.17) is 0 Å². The molecule has 1 saturated carbocycles. The summed E-state index contributed by atoms with van der Waals surface area (Å²) in [6.45, 7) is 0. The number of rotatable bonds is 2. The maximum Gasteiger partial charge on any atom is 0.295 e. The standard InChI is InChI=1S/C10H10N4O/c15-10-9(14-6-1-4-12-14)11-5-7-13(10)8-2-3-8/h1,4-8H,2-3H2. The van der Waals surface area contributed by atoms with Crippen LogP contribution in [0.5, 0.6) is 0 Å². The van der Waals surface area contributed by atoms with Gasteiger partial charge in [0.1, 0.15) is 0 Å². The zero-order valence-corrected chi connectivity index (χ0v) is 8.08.